The Morgan fingerprint density at radius 1 is 1.39 bits per heavy atom. The first-order valence-corrected chi connectivity index (χ1v) is 11.7. The molecule has 33 heavy (non-hydrogen) atoms. The Bertz CT molecular complexity index is 1160. The zero-order valence-electron chi connectivity index (χ0n) is 18.3. The molecule has 2 fully saturated rings. The zero-order valence-corrected chi connectivity index (χ0v) is 19.1. The summed E-state index contributed by atoms with van der Waals surface area (Å²) in [4.78, 5) is 38.6. The molecule has 5 rings (SSSR count). The maximum Gasteiger partial charge on any atom is 0.410 e. The van der Waals surface area contributed by atoms with Crippen LogP contribution in [0.5, 0.6) is 0 Å². The number of hydrogen-bond acceptors (Lipinski definition) is 8. The first-order chi connectivity index (χ1) is 16.0. The van der Waals surface area contributed by atoms with Gasteiger partial charge in [-0.3, -0.25) is 9.89 Å². The number of aliphatic imine (C=N–C) groups is 1. The number of esters is 1. The average Bonchev–Trinajstić information content (AvgIpc) is 3.53. The molecule has 172 valence electrons. The molecule has 4 heterocycles. The number of nitrogens with zero attached hydrogens (tertiary/aromatic N) is 4. The van der Waals surface area contributed by atoms with Gasteiger partial charge in [0, 0.05) is 30.2 Å². The number of aromatic nitrogens is 1. The van der Waals surface area contributed by atoms with E-state index in [0.717, 1.165) is 11.3 Å². The smallest absolute Gasteiger partial charge is 0.410 e. The van der Waals surface area contributed by atoms with Crippen molar-refractivity contribution in [2.45, 2.75) is 32.4 Å². The summed E-state index contributed by atoms with van der Waals surface area (Å²) in [5.41, 5.74) is 2.59. The van der Waals surface area contributed by atoms with Crippen LogP contribution in [0.1, 0.15) is 35.5 Å². The summed E-state index contributed by atoms with van der Waals surface area (Å²) in [6.45, 7) is 5.10. The van der Waals surface area contributed by atoms with Crippen molar-refractivity contribution in [2.75, 3.05) is 26.3 Å². The van der Waals surface area contributed by atoms with Crippen LogP contribution in [0.25, 0.3) is 0 Å². The van der Waals surface area contributed by atoms with Crippen LogP contribution in [-0.4, -0.2) is 65.0 Å². The van der Waals surface area contributed by atoms with E-state index in [-0.39, 0.29) is 24.6 Å². The van der Waals surface area contributed by atoms with E-state index in [0.29, 0.717) is 48.1 Å². The number of rotatable bonds is 5. The van der Waals surface area contributed by atoms with E-state index in [1.165, 1.54) is 23.5 Å². The first-order valence-electron chi connectivity index (χ1n) is 10.8. The van der Waals surface area contributed by atoms with Crippen molar-refractivity contribution in [2.24, 2.45) is 4.99 Å². The Morgan fingerprint density at radius 3 is 2.91 bits per heavy atom. The van der Waals surface area contributed by atoms with Gasteiger partial charge in [-0.25, -0.2) is 19.0 Å². The van der Waals surface area contributed by atoms with Gasteiger partial charge in [-0.2, -0.15) is 0 Å². The van der Waals surface area contributed by atoms with Crippen molar-refractivity contribution in [3.8, 4) is 0 Å². The third kappa shape index (κ3) is 3.78. The lowest BCUT2D eigenvalue weighted by molar-refractivity contribution is -0.139. The summed E-state index contributed by atoms with van der Waals surface area (Å²) in [7, 11) is 0. The molecule has 1 aromatic carbocycles. The number of cyclic esters (lactones) is 1. The van der Waals surface area contributed by atoms with Crippen molar-refractivity contribution in [1.29, 1.82) is 0 Å². The molecular weight excluding hydrogens is 447 g/mol. The number of carbonyl (C=O) groups is 2. The van der Waals surface area contributed by atoms with Crippen LogP contribution >= 0.6 is 11.3 Å². The second-order valence-electron chi connectivity index (χ2n) is 8.05. The molecule has 0 aliphatic carbocycles. The van der Waals surface area contributed by atoms with Gasteiger partial charge in [0.1, 0.15) is 18.5 Å². The second-order valence-corrected chi connectivity index (χ2v) is 8.95. The lowest BCUT2D eigenvalue weighted by Crippen LogP contribution is -2.40. The van der Waals surface area contributed by atoms with Crippen LogP contribution in [0, 0.1) is 12.7 Å². The van der Waals surface area contributed by atoms with Crippen LogP contribution in [0.15, 0.2) is 46.0 Å². The van der Waals surface area contributed by atoms with E-state index in [1.807, 2.05) is 10.3 Å². The molecule has 1 aromatic heterocycles. The summed E-state index contributed by atoms with van der Waals surface area (Å²) in [5.74, 6) is -0.175. The van der Waals surface area contributed by atoms with Gasteiger partial charge in [0.25, 0.3) is 0 Å². The zero-order chi connectivity index (χ0) is 23.1. The largest absolute Gasteiger partial charge is 0.463 e. The highest BCUT2D eigenvalue weighted by atomic mass is 32.1. The predicted molar refractivity (Wildman–Crippen MR) is 119 cm³/mol. The van der Waals surface area contributed by atoms with Gasteiger partial charge in [-0.1, -0.05) is 6.07 Å². The van der Waals surface area contributed by atoms with Crippen LogP contribution < -0.4 is 0 Å². The Hall–Kier alpha value is -3.27. The highest BCUT2D eigenvalue weighted by Gasteiger charge is 2.45. The molecule has 0 N–H and O–H groups in total. The van der Waals surface area contributed by atoms with Crippen molar-refractivity contribution < 1.29 is 23.5 Å². The number of benzene rings is 1. The van der Waals surface area contributed by atoms with Crippen molar-refractivity contribution in [1.82, 2.24) is 14.8 Å². The highest BCUT2D eigenvalue weighted by molar-refractivity contribution is 7.11. The van der Waals surface area contributed by atoms with Gasteiger partial charge < -0.3 is 14.4 Å². The standard InChI is InChI=1S/C23H23FN4O4S/c1-3-31-22(29)18-17-11-15(27-7-8-32-23(27)30)12-28(17)20(21-25-6-9-33-21)26-19(18)16-5-4-14(24)10-13(16)2/h4-6,9-10,15,19H,3,7-8,11-12H2,1-2H3/t15-,19+/m1/s1. The first kappa shape index (κ1) is 21.6. The lowest BCUT2D eigenvalue weighted by atomic mass is 9.91. The highest BCUT2D eigenvalue weighted by Crippen LogP contribution is 2.42. The average molecular weight is 471 g/mol. The summed E-state index contributed by atoms with van der Waals surface area (Å²) >= 11 is 1.45. The molecule has 2 atom stereocenters. The minimum absolute atomic E-state index is 0.169. The molecule has 0 spiro atoms. The molecule has 10 heteroatoms. The molecule has 2 aromatic rings. The lowest BCUT2D eigenvalue weighted by Gasteiger charge is -2.32. The van der Waals surface area contributed by atoms with Gasteiger partial charge >= 0.3 is 12.1 Å². The van der Waals surface area contributed by atoms with Crippen LogP contribution in [0.2, 0.25) is 0 Å². The minimum Gasteiger partial charge on any atom is -0.463 e. The van der Waals surface area contributed by atoms with Gasteiger partial charge in [-0.05, 0) is 37.1 Å². The van der Waals surface area contributed by atoms with Gasteiger partial charge in [0.2, 0.25) is 0 Å². The van der Waals surface area contributed by atoms with Crippen molar-refractivity contribution >= 4 is 29.2 Å². The van der Waals surface area contributed by atoms with E-state index in [4.69, 9.17) is 14.5 Å². The summed E-state index contributed by atoms with van der Waals surface area (Å²) < 4.78 is 24.4. The number of halogens is 1. The Morgan fingerprint density at radius 2 is 2.24 bits per heavy atom. The Balaban J connectivity index is 1.66. The predicted octanol–water partition coefficient (Wildman–Crippen LogP) is 3.44. The quantitative estimate of drug-likeness (QED) is 0.623. The van der Waals surface area contributed by atoms with Gasteiger partial charge in [0.15, 0.2) is 10.8 Å². The Kier molecular flexibility index (Phi) is 5.61. The Labute approximate surface area is 194 Å². The topological polar surface area (TPSA) is 84.3 Å². The fourth-order valence-corrected chi connectivity index (χ4v) is 5.30. The third-order valence-electron chi connectivity index (χ3n) is 6.12. The fraction of sp³-hybridized carbons (Fsp3) is 0.391. The normalized spacial score (nSPS) is 22.4. The van der Waals surface area contributed by atoms with Gasteiger partial charge in [-0.15, -0.1) is 11.3 Å². The van der Waals surface area contributed by atoms with E-state index < -0.39 is 12.0 Å². The molecule has 0 saturated carbocycles. The molecule has 0 unspecified atom stereocenters. The number of thiazole rings is 1. The molecule has 3 aliphatic rings. The van der Waals surface area contributed by atoms with E-state index in [9.17, 15) is 14.0 Å². The number of aryl methyl sites for hydroxylation is 1. The second kappa shape index (κ2) is 8.58. The molecule has 0 radical (unpaired) electrons. The van der Waals surface area contributed by atoms with Crippen molar-refractivity contribution in [3.63, 3.8) is 0 Å². The third-order valence-corrected chi connectivity index (χ3v) is 6.89. The molecule has 3 aliphatic heterocycles. The maximum absolute atomic E-state index is 13.9. The van der Waals surface area contributed by atoms with Crippen molar-refractivity contribution in [3.05, 3.63) is 63.0 Å². The van der Waals surface area contributed by atoms with Gasteiger partial charge in [0.05, 0.1) is 24.8 Å². The van der Waals surface area contributed by atoms with Crippen LogP contribution in [0.4, 0.5) is 9.18 Å². The fourth-order valence-electron chi connectivity index (χ4n) is 4.66. The molecule has 2 saturated heterocycles. The molecule has 8 nitrogen and oxygen atoms in total. The summed E-state index contributed by atoms with van der Waals surface area (Å²) in [6.07, 6.45) is 1.82. The number of fused-ring (bicyclic) bond motifs is 1. The van der Waals surface area contributed by atoms with Crippen LogP contribution in [0.3, 0.4) is 0 Å². The maximum atomic E-state index is 13.9. The monoisotopic (exact) mass is 470 g/mol. The number of hydrogen-bond donors (Lipinski definition) is 0. The van der Waals surface area contributed by atoms with E-state index in [1.54, 1.807) is 31.0 Å². The molecule has 1 amide bonds. The van der Waals surface area contributed by atoms with E-state index in [2.05, 4.69) is 4.98 Å². The number of amidine groups is 1. The summed E-state index contributed by atoms with van der Waals surface area (Å²) in [6, 6.07) is 3.64. The minimum atomic E-state index is -0.668. The summed E-state index contributed by atoms with van der Waals surface area (Å²) in [5, 5.41) is 2.58. The van der Waals surface area contributed by atoms with E-state index >= 15 is 0 Å². The van der Waals surface area contributed by atoms with Crippen LogP contribution in [-0.2, 0) is 14.3 Å². The number of ether oxygens (including phenoxy) is 2. The number of amides is 1. The molecule has 0 bridgehead atoms. The number of carbonyl (C=O) groups excluding carboxylic acids is 2. The molecular formula is C23H23FN4O4S. The SMILES string of the molecule is CCOC(=O)C1=C2C[C@@H](N3CCOC3=O)CN2C(c2nccs2)=N[C@H]1c1ccc(F)cc1C.